The molecule has 3 aromatic rings. The van der Waals surface area contributed by atoms with Gasteiger partial charge in [0.15, 0.2) is 0 Å². The second-order valence-corrected chi connectivity index (χ2v) is 10.6. The number of aryl methyl sites for hydroxylation is 1. The van der Waals surface area contributed by atoms with Crippen molar-refractivity contribution in [3.8, 4) is 11.3 Å². The number of aldehydes is 1. The lowest BCUT2D eigenvalue weighted by Gasteiger charge is -2.20. The number of nitrogens with zero attached hydrogens (tertiary/aromatic N) is 4. The molecule has 0 saturated carbocycles. The van der Waals surface area contributed by atoms with Crippen LogP contribution >= 0.6 is 11.6 Å². The van der Waals surface area contributed by atoms with Gasteiger partial charge in [-0.25, -0.2) is 9.97 Å². The SMILES string of the molecule is Cc1cccc(C(CO)NC(=O)CN2Cc3ccc(-c4nc(NC(CC=O)CN(C)C)ncc4Cl)cc3C2=O)c1. The van der Waals surface area contributed by atoms with Crippen molar-refractivity contribution in [2.75, 3.05) is 39.1 Å². The Morgan fingerprint density at radius 3 is 2.75 bits per heavy atom. The van der Waals surface area contributed by atoms with Crippen LogP contribution in [0.5, 0.6) is 0 Å². The normalized spacial score (nSPS) is 14.2. The third-order valence-corrected chi connectivity index (χ3v) is 6.88. The molecule has 10 nitrogen and oxygen atoms in total. The van der Waals surface area contributed by atoms with Gasteiger partial charge in [0.1, 0.15) is 12.8 Å². The summed E-state index contributed by atoms with van der Waals surface area (Å²) < 4.78 is 0. The van der Waals surface area contributed by atoms with Gasteiger partial charge in [0, 0.05) is 36.7 Å². The zero-order valence-electron chi connectivity index (χ0n) is 22.7. The highest BCUT2D eigenvalue weighted by molar-refractivity contribution is 6.33. The van der Waals surface area contributed by atoms with E-state index in [0.29, 0.717) is 47.3 Å². The Morgan fingerprint density at radius 1 is 1.25 bits per heavy atom. The van der Waals surface area contributed by atoms with Gasteiger partial charge in [0.2, 0.25) is 11.9 Å². The zero-order valence-corrected chi connectivity index (χ0v) is 23.5. The minimum Gasteiger partial charge on any atom is -0.394 e. The first-order valence-electron chi connectivity index (χ1n) is 12.9. The Morgan fingerprint density at radius 2 is 2.05 bits per heavy atom. The molecule has 2 atom stereocenters. The van der Waals surface area contributed by atoms with Crippen LogP contribution in [0.25, 0.3) is 11.3 Å². The predicted molar refractivity (Wildman–Crippen MR) is 153 cm³/mol. The second kappa shape index (κ2) is 13.0. The van der Waals surface area contributed by atoms with Gasteiger partial charge in [0.05, 0.1) is 29.6 Å². The fourth-order valence-corrected chi connectivity index (χ4v) is 4.93. The predicted octanol–water partition coefficient (Wildman–Crippen LogP) is 2.84. The summed E-state index contributed by atoms with van der Waals surface area (Å²) in [6.07, 6.45) is 2.63. The van der Waals surface area contributed by atoms with Gasteiger partial charge < -0.3 is 30.3 Å². The van der Waals surface area contributed by atoms with Gasteiger partial charge >= 0.3 is 0 Å². The maximum atomic E-state index is 13.2. The largest absolute Gasteiger partial charge is 0.394 e. The van der Waals surface area contributed by atoms with Crippen molar-refractivity contribution in [1.29, 1.82) is 0 Å². The van der Waals surface area contributed by atoms with E-state index < -0.39 is 6.04 Å². The lowest BCUT2D eigenvalue weighted by Crippen LogP contribution is -2.40. The molecular weight excluding hydrogens is 532 g/mol. The number of carbonyl (C=O) groups excluding carboxylic acids is 3. The molecule has 1 aliphatic rings. The maximum absolute atomic E-state index is 13.2. The number of likely N-dealkylation sites (N-methyl/N-ethyl adjacent to an activating group) is 1. The first-order chi connectivity index (χ1) is 19.2. The van der Waals surface area contributed by atoms with E-state index in [-0.39, 0.29) is 31.0 Å². The van der Waals surface area contributed by atoms with Crippen molar-refractivity contribution < 1.29 is 19.5 Å². The molecule has 210 valence electrons. The van der Waals surface area contributed by atoms with Gasteiger partial charge in [0.25, 0.3) is 5.91 Å². The molecule has 2 unspecified atom stereocenters. The highest BCUT2D eigenvalue weighted by atomic mass is 35.5. The number of aliphatic hydroxyl groups is 1. The van der Waals surface area contributed by atoms with Gasteiger partial charge in [-0.15, -0.1) is 0 Å². The molecule has 40 heavy (non-hydrogen) atoms. The van der Waals surface area contributed by atoms with E-state index in [9.17, 15) is 19.5 Å². The zero-order chi connectivity index (χ0) is 28.8. The molecule has 0 aliphatic carbocycles. The molecule has 2 aromatic carbocycles. The summed E-state index contributed by atoms with van der Waals surface area (Å²) in [4.78, 5) is 49.4. The fourth-order valence-electron chi connectivity index (χ4n) is 4.73. The third-order valence-electron chi connectivity index (χ3n) is 6.60. The van der Waals surface area contributed by atoms with E-state index in [1.807, 2.05) is 62.3 Å². The number of aliphatic hydroxyl groups excluding tert-OH is 1. The lowest BCUT2D eigenvalue weighted by atomic mass is 10.0. The number of amides is 2. The van der Waals surface area contributed by atoms with Gasteiger partial charge in [-0.05, 0) is 38.2 Å². The molecule has 4 rings (SSSR count). The average molecular weight is 565 g/mol. The first-order valence-corrected chi connectivity index (χ1v) is 13.3. The van der Waals surface area contributed by atoms with Crippen molar-refractivity contribution in [3.05, 3.63) is 75.9 Å². The van der Waals surface area contributed by atoms with Crippen molar-refractivity contribution in [1.82, 2.24) is 25.1 Å². The van der Waals surface area contributed by atoms with Gasteiger partial charge in [-0.1, -0.05) is 53.6 Å². The second-order valence-electron chi connectivity index (χ2n) is 10.1. The van der Waals surface area contributed by atoms with Crippen LogP contribution in [-0.2, 0) is 16.1 Å². The van der Waals surface area contributed by atoms with Crippen molar-refractivity contribution >= 4 is 35.6 Å². The third kappa shape index (κ3) is 7.01. The number of carbonyl (C=O) groups is 3. The first kappa shape index (κ1) is 29.1. The highest BCUT2D eigenvalue weighted by Crippen LogP contribution is 2.31. The summed E-state index contributed by atoms with van der Waals surface area (Å²) >= 11 is 6.43. The smallest absolute Gasteiger partial charge is 0.254 e. The molecule has 0 saturated heterocycles. The number of hydrogen-bond acceptors (Lipinski definition) is 8. The molecule has 2 heterocycles. The van der Waals surface area contributed by atoms with Crippen LogP contribution in [0.2, 0.25) is 5.02 Å². The number of nitrogens with one attached hydrogen (secondary N) is 2. The number of aromatic nitrogens is 2. The Kier molecular flexibility index (Phi) is 9.46. The summed E-state index contributed by atoms with van der Waals surface area (Å²) in [7, 11) is 3.83. The minimum absolute atomic E-state index is 0.141. The maximum Gasteiger partial charge on any atom is 0.254 e. The van der Waals surface area contributed by atoms with E-state index in [4.69, 9.17) is 11.6 Å². The van der Waals surface area contributed by atoms with E-state index in [0.717, 1.165) is 23.0 Å². The fraction of sp³-hybridized carbons (Fsp3) is 0.345. The van der Waals surface area contributed by atoms with Crippen molar-refractivity contribution in [3.63, 3.8) is 0 Å². The number of fused-ring (bicyclic) bond motifs is 1. The summed E-state index contributed by atoms with van der Waals surface area (Å²) in [6.45, 7) is 2.45. The summed E-state index contributed by atoms with van der Waals surface area (Å²) in [5, 5.41) is 16.2. The van der Waals surface area contributed by atoms with Crippen LogP contribution in [0.4, 0.5) is 5.95 Å². The number of halogens is 1. The topological polar surface area (TPSA) is 128 Å². The number of hydrogen-bond donors (Lipinski definition) is 3. The Balaban J connectivity index is 1.47. The summed E-state index contributed by atoms with van der Waals surface area (Å²) in [5.74, 6) is -0.312. The van der Waals surface area contributed by atoms with Crippen LogP contribution in [0.3, 0.4) is 0 Å². The summed E-state index contributed by atoms with van der Waals surface area (Å²) in [5.41, 5.74) is 4.16. The summed E-state index contributed by atoms with van der Waals surface area (Å²) in [6, 6.07) is 12.2. The highest BCUT2D eigenvalue weighted by Gasteiger charge is 2.30. The van der Waals surface area contributed by atoms with Crippen LogP contribution in [0.1, 0.15) is 39.5 Å². The monoisotopic (exact) mass is 564 g/mol. The van der Waals surface area contributed by atoms with Crippen molar-refractivity contribution in [2.24, 2.45) is 0 Å². The lowest BCUT2D eigenvalue weighted by molar-refractivity contribution is -0.122. The van der Waals surface area contributed by atoms with Crippen LogP contribution in [-0.4, -0.2) is 82.8 Å². The molecule has 11 heteroatoms. The molecule has 1 aromatic heterocycles. The van der Waals surface area contributed by atoms with Crippen LogP contribution in [0, 0.1) is 6.92 Å². The van der Waals surface area contributed by atoms with Gasteiger partial charge in [-0.2, -0.15) is 0 Å². The van der Waals surface area contributed by atoms with E-state index >= 15 is 0 Å². The minimum atomic E-state index is -0.564. The Labute approximate surface area is 238 Å². The molecule has 3 N–H and O–H groups in total. The number of anilines is 1. The molecule has 0 radical (unpaired) electrons. The van der Waals surface area contributed by atoms with Crippen LogP contribution < -0.4 is 10.6 Å². The molecule has 1 aliphatic heterocycles. The standard InChI is InChI=1S/C29H33ClN6O4/c1-18-5-4-6-19(11-18)25(17-38)33-26(39)16-36-14-21-8-7-20(12-23(21)28(36)40)27-24(30)13-31-29(34-27)32-22(9-10-37)15-35(2)3/h4-8,10-13,22,25,38H,9,14-17H2,1-3H3,(H,33,39)(H,31,32,34). The quantitative estimate of drug-likeness (QED) is 0.287. The van der Waals surface area contributed by atoms with E-state index in [1.54, 1.807) is 6.07 Å². The van der Waals surface area contributed by atoms with Crippen molar-refractivity contribution in [2.45, 2.75) is 32.0 Å². The molecule has 0 fully saturated rings. The number of rotatable bonds is 12. The van der Waals surface area contributed by atoms with E-state index in [1.165, 1.54) is 11.1 Å². The number of benzene rings is 2. The molecule has 0 bridgehead atoms. The molecule has 0 spiro atoms. The average Bonchev–Trinajstić information content (AvgIpc) is 3.22. The molecular formula is C29H33ClN6O4. The van der Waals surface area contributed by atoms with Gasteiger partial charge in [-0.3, -0.25) is 9.59 Å². The van der Waals surface area contributed by atoms with Crippen LogP contribution in [0.15, 0.2) is 48.7 Å². The Bertz CT molecular complexity index is 1400. The Hall–Kier alpha value is -3.86. The van der Waals surface area contributed by atoms with E-state index in [2.05, 4.69) is 20.6 Å². The molecule has 2 amide bonds.